The molecule has 0 spiro atoms. The maximum Gasteiger partial charge on any atom is 0.240 e. The van der Waals surface area contributed by atoms with Gasteiger partial charge in [-0.2, -0.15) is 0 Å². The molecule has 0 amide bonds. The Morgan fingerprint density at radius 1 is 1.00 bits per heavy atom. The standard InChI is InChI=1S/C20H26N4O2S/c1-15-12-20(24-10-4-5-11-24)23-19(22-15)14-21-27(25,26)18-9-8-16-6-2-3-7-17(16)13-18/h8-9,12-13,21H,2-7,10-11,14H2,1H3. The quantitative estimate of drug-likeness (QED) is 0.855. The highest BCUT2D eigenvalue weighted by atomic mass is 32.2. The fourth-order valence-corrected chi connectivity index (χ4v) is 4.95. The van der Waals surface area contributed by atoms with Crippen molar-refractivity contribution < 1.29 is 8.42 Å². The zero-order valence-corrected chi connectivity index (χ0v) is 16.6. The minimum absolute atomic E-state index is 0.0991. The van der Waals surface area contributed by atoms with Gasteiger partial charge in [0.25, 0.3) is 0 Å². The van der Waals surface area contributed by atoms with Gasteiger partial charge in [0.05, 0.1) is 11.4 Å². The molecular weight excluding hydrogens is 360 g/mol. The zero-order chi connectivity index (χ0) is 18.9. The van der Waals surface area contributed by atoms with Gasteiger partial charge in [-0.15, -0.1) is 0 Å². The molecule has 6 nitrogen and oxygen atoms in total. The molecule has 2 aliphatic rings. The molecule has 0 radical (unpaired) electrons. The summed E-state index contributed by atoms with van der Waals surface area (Å²) in [7, 11) is -3.58. The van der Waals surface area contributed by atoms with Gasteiger partial charge < -0.3 is 4.90 Å². The lowest BCUT2D eigenvalue weighted by atomic mass is 9.92. The van der Waals surface area contributed by atoms with E-state index in [1.165, 1.54) is 24.8 Å². The molecule has 0 unspecified atom stereocenters. The molecule has 1 aromatic heterocycles. The molecule has 1 aliphatic heterocycles. The van der Waals surface area contributed by atoms with Crippen LogP contribution in [0.15, 0.2) is 29.2 Å². The Hall–Kier alpha value is -1.99. The SMILES string of the molecule is Cc1cc(N2CCCC2)nc(CNS(=O)(=O)c2ccc3c(c2)CCCC3)n1. The molecule has 4 rings (SSSR count). The van der Waals surface area contributed by atoms with Crippen LogP contribution >= 0.6 is 0 Å². The predicted molar refractivity (Wildman–Crippen MR) is 105 cm³/mol. The average molecular weight is 387 g/mol. The van der Waals surface area contributed by atoms with Crippen LogP contribution in [0.5, 0.6) is 0 Å². The number of nitrogens with one attached hydrogen (secondary N) is 1. The second kappa shape index (κ2) is 7.56. The van der Waals surface area contributed by atoms with Crippen LogP contribution in [-0.4, -0.2) is 31.5 Å². The second-order valence-corrected chi connectivity index (χ2v) is 9.21. The Morgan fingerprint density at radius 2 is 1.74 bits per heavy atom. The molecule has 2 aromatic rings. The number of hydrogen-bond donors (Lipinski definition) is 1. The number of rotatable bonds is 5. The Bertz CT molecular complexity index is 937. The van der Waals surface area contributed by atoms with Crippen molar-refractivity contribution in [2.45, 2.75) is 56.9 Å². The van der Waals surface area contributed by atoms with Crippen molar-refractivity contribution in [1.82, 2.24) is 14.7 Å². The van der Waals surface area contributed by atoms with Gasteiger partial charge in [0.2, 0.25) is 10.0 Å². The third-order valence-corrected chi connectivity index (χ3v) is 6.77. The Labute approximate surface area is 161 Å². The van der Waals surface area contributed by atoms with Crippen molar-refractivity contribution in [3.05, 3.63) is 46.9 Å². The van der Waals surface area contributed by atoms with E-state index < -0.39 is 10.0 Å². The fraction of sp³-hybridized carbons (Fsp3) is 0.500. The first-order valence-electron chi connectivity index (χ1n) is 9.72. The normalized spacial score (nSPS) is 17.1. The highest BCUT2D eigenvalue weighted by Crippen LogP contribution is 2.24. The largest absolute Gasteiger partial charge is 0.357 e. The van der Waals surface area contributed by atoms with Crippen molar-refractivity contribution in [2.24, 2.45) is 0 Å². The van der Waals surface area contributed by atoms with Crippen LogP contribution in [0.3, 0.4) is 0 Å². The van der Waals surface area contributed by atoms with E-state index in [9.17, 15) is 8.42 Å². The van der Waals surface area contributed by atoms with E-state index in [2.05, 4.69) is 19.6 Å². The van der Waals surface area contributed by atoms with E-state index in [-0.39, 0.29) is 6.54 Å². The average Bonchev–Trinajstić information content (AvgIpc) is 3.20. The molecule has 1 N–H and O–H groups in total. The van der Waals surface area contributed by atoms with E-state index in [1.54, 1.807) is 6.07 Å². The van der Waals surface area contributed by atoms with Crippen molar-refractivity contribution in [2.75, 3.05) is 18.0 Å². The highest BCUT2D eigenvalue weighted by molar-refractivity contribution is 7.89. The van der Waals surface area contributed by atoms with Gasteiger partial charge in [-0.05, 0) is 68.7 Å². The lowest BCUT2D eigenvalue weighted by molar-refractivity contribution is 0.578. The first-order valence-corrected chi connectivity index (χ1v) is 11.2. The van der Waals surface area contributed by atoms with E-state index in [1.807, 2.05) is 25.1 Å². The second-order valence-electron chi connectivity index (χ2n) is 7.44. The smallest absolute Gasteiger partial charge is 0.240 e. The molecule has 1 saturated heterocycles. The van der Waals surface area contributed by atoms with E-state index >= 15 is 0 Å². The van der Waals surface area contributed by atoms with Crippen molar-refractivity contribution >= 4 is 15.8 Å². The summed E-state index contributed by atoms with van der Waals surface area (Å²) >= 11 is 0. The molecule has 144 valence electrons. The number of sulfonamides is 1. The van der Waals surface area contributed by atoms with Crippen molar-refractivity contribution in [1.29, 1.82) is 0 Å². The summed E-state index contributed by atoms with van der Waals surface area (Å²) in [6.45, 7) is 4.01. The molecule has 7 heteroatoms. The monoisotopic (exact) mass is 386 g/mol. The minimum Gasteiger partial charge on any atom is -0.357 e. The molecule has 1 aliphatic carbocycles. The lowest BCUT2D eigenvalue weighted by Gasteiger charge is -2.18. The van der Waals surface area contributed by atoms with Crippen LogP contribution in [0.2, 0.25) is 0 Å². The number of aromatic nitrogens is 2. The first-order chi connectivity index (χ1) is 13.0. The van der Waals surface area contributed by atoms with Gasteiger partial charge in [0.1, 0.15) is 11.6 Å². The van der Waals surface area contributed by atoms with Gasteiger partial charge >= 0.3 is 0 Å². The summed E-state index contributed by atoms with van der Waals surface area (Å²) in [6, 6.07) is 7.45. The maximum absolute atomic E-state index is 12.7. The molecule has 0 atom stereocenters. The zero-order valence-electron chi connectivity index (χ0n) is 15.7. The number of nitrogens with zero attached hydrogens (tertiary/aromatic N) is 3. The number of anilines is 1. The van der Waals surface area contributed by atoms with Crippen molar-refractivity contribution in [3.8, 4) is 0 Å². The molecule has 27 heavy (non-hydrogen) atoms. The van der Waals surface area contributed by atoms with Crippen LogP contribution in [-0.2, 0) is 29.4 Å². The van der Waals surface area contributed by atoms with Crippen LogP contribution in [0.1, 0.15) is 48.3 Å². The molecule has 2 heterocycles. The van der Waals surface area contributed by atoms with Crippen LogP contribution in [0, 0.1) is 6.92 Å². The van der Waals surface area contributed by atoms with Crippen LogP contribution < -0.4 is 9.62 Å². The topological polar surface area (TPSA) is 75.2 Å². The highest BCUT2D eigenvalue weighted by Gasteiger charge is 2.19. The summed E-state index contributed by atoms with van der Waals surface area (Å²) < 4.78 is 28.2. The van der Waals surface area contributed by atoms with Gasteiger partial charge in [-0.3, -0.25) is 0 Å². The molecular formula is C20H26N4O2S. The van der Waals surface area contributed by atoms with Gasteiger partial charge in [0.15, 0.2) is 0 Å². The van der Waals surface area contributed by atoms with Crippen LogP contribution in [0.25, 0.3) is 0 Å². The summed E-state index contributed by atoms with van der Waals surface area (Å²) in [4.78, 5) is 11.5. The third kappa shape index (κ3) is 4.14. The molecule has 0 bridgehead atoms. The fourth-order valence-electron chi connectivity index (χ4n) is 3.92. The summed E-state index contributed by atoms with van der Waals surface area (Å²) in [5.41, 5.74) is 3.29. The first kappa shape index (κ1) is 18.4. The summed E-state index contributed by atoms with van der Waals surface area (Å²) in [6.07, 6.45) is 6.65. The number of aryl methyl sites for hydroxylation is 3. The number of fused-ring (bicyclic) bond motifs is 1. The van der Waals surface area contributed by atoms with Gasteiger partial charge in [-0.1, -0.05) is 6.07 Å². The molecule has 1 aromatic carbocycles. The maximum atomic E-state index is 12.7. The minimum atomic E-state index is -3.58. The lowest BCUT2D eigenvalue weighted by Crippen LogP contribution is -2.26. The van der Waals surface area contributed by atoms with Gasteiger partial charge in [-0.25, -0.2) is 23.1 Å². The Kier molecular flexibility index (Phi) is 5.14. The molecule has 1 fully saturated rings. The Balaban J connectivity index is 1.50. The van der Waals surface area contributed by atoms with E-state index in [0.29, 0.717) is 10.7 Å². The number of hydrogen-bond acceptors (Lipinski definition) is 5. The third-order valence-electron chi connectivity index (χ3n) is 5.37. The number of benzene rings is 1. The van der Waals surface area contributed by atoms with Crippen LogP contribution in [0.4, 0.5) is 5.82 Å². The van der Waals surface area contributed by atoms with Crippen molar-refractivity contribution in [3.63, 3.8) is 0 Å². The predicted octanol–water partition coefficient (Wildman–Crippen LogP) is 2.74. The van der Waals surface area contributed by atoms with Gasteiger partial charge in [0, 0.05) is 24.8 Å². The van der Waals surface area contributed by atoms with E-state index in [4.69, 9.17) is 0 Å². The Morgan fingerprint density at radius 3 is 2.52 bits per heavy atom. The summed E-state index contributed by atoms with van der Waals surface area (Å²) in [5, 5.41) is 0. The van der Waals surface area contributed by atoms with E-state index in [0.717, 1.165) is 49.4 Å². The molecule has 0 saturated carbocycles. The summed E-state index contributed by atoms with van der Waals surface area (Å²) in [5.74, 6) is 1.40.